The molecule has 1 atom stereocenters. The lowest BCUT2D eigenvalue weighted by Gasteiger charge is -2.36. The summed E-state index contributed by atoms with van der Waals surface area (Å²) >= 11 is 0. The van der Waals surface area contributed by atoms with E-state index in [1.54, 1.807) is 0 Å². The zero-order valence-electron chi connectivity index (χ0n) is 14.1. The minimum Gasteiger partial charge on any atom is -0.383 e. The van der Waals surface area contributed by atoms with Crippen LogP contribution in [0.25, 0.3) is 0 Å². The lowest BCUT2D eigenvalue weighted by Crippen LogP contribution is -2.43. The number of likely N-dealkylation sites (tertiary alicyclic amines) is 1. The molecule has 0 radical (unpaired) electrons. The first-order chi connectivity index (χ1) is 11.3. The quantitative estimate of drug-likeness (QED) is 0.848. The van der Waals surface area contributed by atoms with Gasteiger partial charge in [0, 0.05) is 18.3 Å². The van der Waals surface area contributed by atoms with Gasteiger partial charge in [0.1, 0.15) is 0 Å². The monoisotopic (exact) mass is 308 g/mol. The molecule has 0 aliphatic carbocycles. The summed E-state index contributed by atoms with van der Waals surface area (Å²) in [6.45, 7) is 5.82. The number of hydrogen-bond acceptors (Lipinski definition) is 2. The molecule has 2 heteroatoms. The van der Waals surface area contributed by atoms with E-state index in [1.807, 2.05) is 0 Å². The highest BCUT2D eigenvalue weighted by Gasteiger charge is 2.22. The highest BCUT2D eigenvalue weighted by Crippen LogP contribution is 2.23. The third-order valence-corrected chi connectivity index (χ3v) is 5.02. The third kappa shape index (κ3) is 4.84. The first kappa shape index (κ1) is 16.1. The van der Waals surface area contributed by atoms with Crippen LogP contribution in [0.3, 0.4) is 0 Å². The first-order valence-corrected chi connectivity index (χ1v) is 8.88. The van der Waals surface area contributed by atoms with Crippen molar-refractivity contribution >= 4 is 5.69 Å². The average Bonchev–Trinajstić information content (AvgIpc) is 2.62. The second-order valence-corrected chi connectivity index (χ2v) is 6.77. The van der Waals surface area contributed by atoms with Crippen LogP contribution in [-0.2, 0) is 6.42 Å². The summed E-state index contributed by atoms with van der Waals surface area (Å²) in [7, 11) is 0. The largest absolute Gasteiger partial charge is 0.383 e. The fraction of sp³-hybridized carbons (Fsp3) is 0.429. The molecule has 2 nitrogen and oxygen atoms in total. The van der Waals surface area contributed by atoms with Gasteiger partial charge in [-0.1, -0.05) is 48.5 Å². The van der Waals surface area contributed by atoms with Gasteiger partial charge in [0.05, 0.1) is 0 Å². The summed E-state index contributed by atoms with van der Waals surface area (Å²) < 4.78 is 0. The van der Waals surface area contributed by atoms with Gasteiger partial charge in [-0.3, -0.25) is 4.90 Å². The molecule has 1 unspecified atom stereocenters. The Morgan fingerprint density at radius 2 is 1.57 bits per heavy atom. The zero-order valence-corrected chi connectivity index (χ0v) is 14.1. The Balaban J connectivity index is 1.41. The van der Waals surface area contributed by atoms with Crippen molar-refractivity contribution in [2.45, 2.75) is 32.2 Å². The van der Waals surface area contributed by atoms with Gasteiger partial charge in [0.15, 0.2) is 0 Å². The first-order valence-electron chi connectivity index (χ1n) is 8.88. The molecule has 1 N–H and O–H groups in total. The Morgan fingerprint density at radius 1 is 0.957 bits per heavy atom. The fourth-order valence-electron chi connectivity index (χ4n) is 3.50. The molecule has 122 valence electrons. The number of hydrogen-bond donors (Lipinski definition) is 1. The van der Waals surface area contributed by atoms with Crippen molar-refractivity contribution in [3.05, 3.63) is 66.2 Å². The van der Waals surface area contributed by atoms with Crippen molar-refractivity contribution in [2.24, 2.45) is 5.92 Å². The Hall–Kier alpha value is -1.80. The molecule has 1 heterocycles. The molecule has 0 spiro atoms. The van der Waals surface area contributed by atoms with E-state index >= 15 is 0 Å². The lowest BCUT2D eigenvalue weighted by molar-refractivity contribution is 0.146. The highest BCUT2D eigenvalue weighted by molar-refractivity contribution is 5.42. The lowest BCUT2D eigenvalue weighted by atomic mass is 9.89. The Labute approximate surface area is 140 Å². The summed E-state index contributed by atoms with van der Waals surface area (Å²) in [6.07, 6.45) is 3.89. The van der Waals surface area contributed by atoms with Crippen LogP contribution in [0, 0.1) is 5.92 Å². The van der Waals surface area contributed by atoms with Crippen LogP contribution < -0.4 is 5.32 Å². The van der Waals surface area contributed by atoms with E-state index in [9.17, 15) is 0 Å². The van der Waals surface area contributed by atoms with E-state index < -0.39 is 0 Å². The van der Waals surface area contributed by atoms with E-state index in [2.05, 4.69) is 77.8 Å². The van der Waals surface area contributed by atoms with E-state index in [4.69, 9.17) is 0 Å². The summed E-state index contributed by atoms with van der Waals surface area (Å²) in [4.78, 5) is 2.64. The van der Waals surface area contributed by atoms with Crippen molar-refractivity contribution < 1.29 is 0 Å². The standard InChI is InChI=1S/C21H28N2/c1-18(17-22-21-10-6-3-7-11-21)23-14-12-20(13-15-23)16-19-8-4-2-5-9-19/h2-11,18,20,22H,12-17H2,1H3. The summed E-state index contributed by atoms with van der Waals surface area (Å²) in [5.74, 6) is 0.850. The smallest absolute Gasteiger partial charge is 0.0340 e. The van der Waals surface area contributed by atoms with Crippen molar-refractivity contribution in [1.82, 2.24) is 4.90 Å². The van der Waals surface area contributed by atoms with Crippen molar-refractivity contribution in [3.63, 3.8) is 0 Å². The van der Waals surface area contributed by atoms with Crippen molar-refractivity contribution in [2.75, 3.05) is 25.0 Å². The van der Waals surface area contributed by atoms with Gasteiger partial charge in [-0.25, -0.2) is 0 Å². The van der Waals surface area contributed by atoms with Crippen LogP contribution in [0.5, 0.6) is 0 Å². The molecule has 1 aliphatic heterocycles. The molecule has 0 bridgehead atoms. The molecule has 1 fully saturated rings. The maximum atomic E-state index is 3.55. The molecular formula is C21H28N2. The van der Waals surface area contributed by atoms with Gasteiger partial charge in [-0.2, -0.15) is 0 Å². The SMILES string of the molecule is CC(CNc1ccccc1)N1CCC(Cc2ccccc2)CC1. The van der Waals surface area contributed by atoms with Crippen LogP contribution in [-0.4, -0.2) is 30.6 Å². The third-order valence-electron chi connectivity index (χ3n) is 5.02. The normalized spacial score (nSPS) is 17.8. The second kappa shape index (κ2) is 8.16. The van der Waals surface area contributed by atoms with Crippen LogP contribution in [0.15, 0.2) is 60.7 Å². The van der Waals surface area contributed by atoms with Gasteiger partial charge >= 0.3 is 0 Å². The number of nitrogens with one attached hydrogen (secondary N) is 1. The molecule has 0 amide bonds. The summed E-state index contributed by atoms with van der Waals surface area (Å²) in [5.41, 5.74) is 2.71. The second-order valence-electron chi connectivity index (χ2n) is 6.77. The van der Waals surface area contributed by atoms with Gasteiger partial charge in [0.25, 0.3) is 0 Å². The Morgan fingerprint density at radius 3 is 2.22 bits per heavy atom. The molecule has 0 aromatic heterocycles. The summed E-state index contributed by atoms with van der Waals surface area (Å²) in [6, 6.07) is 22.0. The van der Waals surface area contributed by atoms with Gasteiger partial charge < -0.3 is 5.32 Å². The topological polar surface area (TPSA) is 15.3 Å². The van der Waals surface area contributed by atoms with Crippen molar-refractivity contribution in [3.8, 4) is 0 Å². The number of rotatable bonds is 6. The predicted octanol–water partition coefficient (Wildman–Crippen LogP) is 4.44. The molecule has 2 aromatic rings. The predicted molar refractivity (Wildman–Crippen MR) is 98.8 cm³/mol. The number of piperidine rings is 1. The molecule has 23 heavy (non-hydrogen) atoms. The van der Waals surface area contributed by atoms with Crippen molar-refractivity contribution in [1.29, 1.82) is 0 Å². The molecule has 0 saturated carbocycles. The van der Waals surface area contributed by atoms with E-state index in [-0.39, 0.29) is 0 Å². The maximum absolute atomic E-state index is 3.55. The van der Waals surface area contributed by atoms with Gasteiger partial charge in [-0.15, -0.1) is 0 Å². The number of benzene rings is 2. The highest BCUT2D eigenvalue weighted by atomic mass is 15.2. The van der Waals surface area contributed by atoms with Crippen LogP contribution in [0.1, 0.15) is 25.3 Å². The van der Waals surface area contributed by atoms with Gasteiger partial charge in [-0.05, 0) is 62.9 Å². The zero-order chi connectivity index (χ0) is 15.9. The van der Waals surface area contributed by atoms with Crippen LogP contribution in [0.4, 0.5) is 5.69 Å². The Kier molecular flexibility index (Phi) is 5.71. The summed E-state index contributed by atoms with van der Waals surface area (Å²) in [5, 5.41) is 3.55. The van der Waals surface area contributed by atoms with E-state index in [0.717, 1.165) is 12.5 Å². The number of para-hydroxylation sites is 1. The Bertz CT molecular complexity index is 559. The number of anilines is 1. The molecule has 1 saturated heterocycles. The maximum Gasteiger partial charge on any atom is 0.0340 e. The van der Waals surface area contributed by atoms with Crippen LogP contribution in [0.2, 0.25) is 0 Å². The van der Waals surface area contributed by atoms with Crippen LogP contribution >= 0.6 is 0 Å². The molecule has 1 aliphatic rings. The van der Waals surface area contributed by atoms with E-state index in [1.165, 1.54) is 43.6 Å². The van der Waals surface area contributed by atoms with E-state index in [0.29, 0.717) is 6.04 Å². The van der Waals surface area contributed by atoms with Gasteiger partial charge in [0.2, 0.25) is 0 Å². The minimum atomic E-state index is 0.591. The fourth-order valence-corrected chi connectivity index (χ4v) is 3.50. The molecular weight excluding hydrogens is 280 g/mol. The molecule has 3 rings (SSSR count). The minimum absolute atomic E-state index is 0.591. The number of nitrogens with zero attached hydrogens (tertiary/aromatic N) is 1. The average molecular weight is 308 g/mol. The molecule has 2 aromatic carbocycles.